The number of esters is 1. The fourth-order valence-corrected chi connectivity index (χ4v) is 6.78. The van der Waals surface area contributed by atoms with Gasteiger partial charge in [0.1, 0.15) is 6.10 Å². The number of ether oxygens (including phenoxy) is 1. The molecule has 0 unspecified atom stereocenters. The highest BCUT2D eigenvalue weighted by Gasteiger charge is 2.26. The average molecular weight is 534 g/mol. The van der Waals surface area contributed by atoms with Crippen LogP contribution in [0.4, 0.5) is 0 Å². The summed E-state index contributed by atoms with van der Waals surface area (Å²) in [4.78, 5) is 12.8. The summed E-state index contributed by atoms with van der Waals surface area (Å²) in [5, 5.41) is 9.01. The molecule has 3 aromatic carbocycles. The van der Waals surface area contributed by atoms with E-state index in [-0.39, 0.29) is 12.1 Å². The lowest BCUT2D eigenvalue weighted by Gasteiger charge is -2.29. The third-order valence-corrected chi connectivity index (χ3v) is 9.36. The van der Waals surface area contributed by atoms with Gasteiger partial charge in [0.15, 0.2) is 0 Å². The van der Waals surface area contributed by atoms with Crippen molar-refractivity contribution < 1.29 is 9.53 Å². The first-order chi connectivity index (χ1) is 19.6. The predicted molar refractivity (Wildman–Crippen MR) is 162 cm³/mol. The Hall–Kier alpha value is -3.38. The van der Waals surface area contributed by atoms with Crippen LogP contribution in [0.25, 0.3) is 11.1 Å². The van der Waals surface area contributed by atoms with Crippen LogP contribution in [0.3, 0.4) is 0 Å². The number of nitrogens with zero attached hydrogens (tertiary/aromatic N) is 1. The number of unbranched alkanes of at least 4 members (excludes halogenated alkanes) is 2. The van der Waals surface area contributed by atoms with E-state index in [1.807, 2.05) is 36.4 Å². The smallest absolute Gasteiger partial charge is 0.338 e. The van der Waals surface area contributed by atoms with E-state index in [0.29, 0.717) is 23.0 Å². The maximum absolute atomic E-state index is 12.8. The van der Waals surface area contributed by atoms with E-state index in [4.69, 9.17) is 10.00 Å². The number of carbonyl (C=O) groups excluding carboxylic acids is 1. The molecule has 0 radical (unpaired) electrons. The van der Waals surface area contributed by atoms with E-state index in [1.165, 1.54) is 68.1 Å². The Morgan fingerprint density at radius 2 is 1.25 bits per heavy atom. The highest BCUT2D eigenvalue weighted by Crippen LogP contribution is 2.38. The number of benzene rings is 3. The topological polar surface area (TPSA) is 50.1 Å². The Bertz CT molecular complexity index is 1250. The van der Waals surface area contributed by atoms with Gasteiger partial charge in [0.25, 0.3) is 0 Å². The summed E-state index contributed by atoms with van der Waals surface area (Å²) in [6.07, 6.45) is 14.7. The van der Waals surface area contributed by atoms with E-state index in [1.54, 1.807) is 0 Å². The Morgan fingerprint density at radius 1 is 0.725 bits per heavy atom. The van der Waals surface area contributed by atoms with Gasteiger partial charge in [-0.1, -0.05) is 81.1 Å². The third-order valence-electron chi connectivity index (χ3n) is 9.36. The van der Waals surface area contributed by atoms with Gasteiger partial charge in [0.2, 0.25) is 0 Å². The molecule has 3 aromatic rings. The van der Waals surface area contributed by atoms with Gasteiger partial charge in [0, 0.05) is 0 Å². The molecule has 0 atom stereocenters. The molecule has 40 heavy (non-hydrogen) atoms. The molecule has 3 heteroatoms. The zero-order chi connectivity index (χ0) is 27.7. The third kappa shape index (κ3) is 7.22. The van der Waals surface area contributed by atoms with Crippen LogP contribution in [0.5, 0.6) is 0 Å². The van der Waals surface area contributed by atoms with E-state index in [0.717, 1.165) is 37.2 Å². The molecule has 0 heterocycles. The van der Waals surface area contributed by atoms with Gasteiger partial charge in [-0.25, -0.2) is 4.79 Å². The van der Waals surface area contributed by atoms with Crippen molar-refractivity contribution in [3.8, 4) is 17.2 Å². The standard InChI is InChI=1S/C37H43NO2/c1-2-3-4-5-27-6-10-29(11-7-27)31-14-16-32(17-15-31)33-18-20-35(21-19-33)37(39)40-36-24-22-34(23-25-36)30-12-8-28(26-38)9-13-30/h8-9,12-21,27,29,34,36H,2-7,10-11,22-25H2,1H3/t27-,29-,34-,36-. The fraction of sp³-hybridized carbons (Fsp3) is 0.459. The highest BCUT2D eigenvalue weighted by molar-refractivity contribution is 5.90. The molecular formula is C37H43NO2. The van der Waals surface area contributed by atoms with E-state index in [9.17, 15) is 4.79 Å². The van der Waals surface area contributed by atoms with Gasteiger partial charge < -0.3 is 4.74 Å². The molecule has 3 nitrogen and oxygen atoms in total. The van der Waals surface area contributed by atoms with Crippen molar-refractivity contribution in [2.75, 3.05) is 0 Å². The first-order valence-electron chi connectivity index (χ1n) is 15.5. The van der Waals surface area contributed by atoms with Crippen LogP contribution >= 0.6 is 0 Å². The minimum Gasteiger partial charge on any atom is -0.459 e. The number of hydrogen-bond acceptors (Lipinski definition) is 3. The molecule has 2 aliphatic rings. The summed E-state index contributed by atoms with van der Waals surface area (Å²) in [5.41, 5.74) is 6.39. The normalized spacial score (nSPS) is 22.8. The Balaban J connectivity index is 1.09. The van der Waals surface area contributed by atoms with Crippen LogP contribution in [0.15, 0.2) is 72.8 Å². The Morgan fingerprint density at radius 3 is 1.80 bits per heavy atom. The monoisotopic (exact) mass is 533 g/mol. The van der Waals surface area contributed by atoms with Crippen molar-refractivity contribution >= 4 is 5.97 Å². The second kappa shape index (κ2) is 13.8. The first kappa shape index (κ1) is 28.2. The van der Waals surface area contributed by atoms with Crippen LogP contribution in [0.1, 0.15) is 123 Å². The van der Waals surface area contributed by atoms with E-state index >= 15 is 0 Å². The van der Waals surface area contributed by atoms with E-state index in [2.05, 4.69) is 49.4 Å². The number of nitriles is 1. The van der Waals surface area contributed by atoms with Crippen LogP contribution < -0.4 is 0 Å². The Labute approximate surface area is 240 Å². The molecule has 0 bridgehead atoms. The zero-order valence-electron chi connectivity index (χ0n) is 24.0. The summed E-state index contributed by atoms with van der Waals surface area (Å²) in [5.74, 6) is 1.89. The molecular weight excluding hydrogens is 490 g/mol. The van der Waals surface area contributed by atoms with Crippen LogP contribution in [-0.2, 0) is 4.74 Å². The maximum atomic E-state index is 12.8. The van der Waals surface area contributed by atoms with Crippen LogP contribution in [-0.4, -0.2) is 12.1 Å². The van der Waals surface area contributed by atoms with Crippen molar-refractivity contribution in [2.45, 2.75) is 102 Å². The summed E-state index contributed by atoms with van der Waals surface area (Å²) in [7, 11) is 0. The van der Waals surface area contributed by atoms with Gasteiger partial charge in [0.05, 0.1) is 17.2 Å². The van der Waals surface area contributed by atoms with Crippen molar-refractivity contribution in [3.05, 3.63) is 95.1 Å². The maximum Gasteiger partial charge on any atom is 0.338 e. The molecule has 0 aliphatic heterocycles. The van der Waals surface area contributed by atoms with Crippen LogP contribution in [0, 0.1) is 17.2 Å². The predicted octanol–water partition coefficient (Wildman–Crippen LogP) is 9.96. The molecule has 0 aromatic heterocycles. The van der Waals surface area contributed by atoms with Gasteiger partial charge in [-0.3, -0.25) is 0 Å². The SMILES string of the molecule is CCCCC[C@H]1CC[C@H](c2ccc(-c3ccc(C(=O)O[C@H]4CC[C@H](c5ccc(C#N)cc5)CC4)cc3)cc2)CC1. The van der Waals surface area contributed by atoms with Crippen molar-refractivity contribution in [1.29, 1.82) is 5.26 Å². The molecule has 0 N–H and O–H groups in total. The molecule has 2 aliphatic carbocycles. The van der Waals surface area contributed by atoms with Gasteiger partial charge >= 0.3 is 5.97 Å². The second-order valence-corrected chi connectivity index (χ2v) is 12.0. The van der Waals surface area contributed by atoms with Gasteiger partial charge in [-0.05, 0) is 116 Å². The quantitative estimate of drug-likeness (QED) is 0.203. The second-order valence-electron chi connectivity index (χ2n) is 12.0. The fourth-order valence-electron chi connectivity index (χ4n) is 6.78. The molecule has 0 saturated heterocycles. The molecule has 5 rings (SSSR count). The minimum absolute atomic E-state index is 0.0271. The number of carbonyl (C=O) groups is 1. The molecule has 0 spiro atoms. The van der Waals surface area contributed by atoms with Crippen molar-refractivity contribution in [1.82, 2.24) is 0 Å². The largest absolute Gasteiger partial charge is 0.459 e. The molecule has 2 fully saturated rings. The first-order valence-corrected chi connectivity index (χ1v) is 15.5. The molecule has 208 valence electrons. The van der Waals surface area contributed by atoms with Crippen molar-refractivity contribution in [3.63, 3.8) is 0 Å². The summed E-state index contributed by atoms with van der Waals surface area (Å²) in [6, 6.07) is 27.0. The lowest BCUT2D eigenvalue weighted by atomic mass is 9.77. The summed E-state index contributed by atoms with van der Waals surface area (Å²) in [6.45, 7) is 2.29. The number of hydrogen-bond donors (Lipinski definition) is 0. The lowest BCUT2D eigenvalue weighted by Crippen LogP contribution is -2.24. The average Bonchev–Trinajstić information content (AvgIpc) is 3.02. The zero-order valence-corrected chi connectivity index (χ0v) is 24.0. The lowest BCUT2D eigenvalue weighted by molar-refractivity contribution is 0.0195. The van der Waals surface area contributed by atoms with Gasteiger partial charge in [-0.2, -0.15) is 5.26 Å². The Kier molecular flexibility index (Phi) is 9.72. The molecule has 2 saturated carbocycles. The van der Waals surface area contributed by atoms with Gasteiger partial charge in [-0.15, -0.1) is 0 Å². The minimum atomic E-state index is -0.228. The number of rotatable bonds is 9. The van der Waals surface area contributed by atoms with E-state index < -0.39 is 0 Å². The summed E-state index contributed by atoms with van der Waals surface area (Å²) < 4.78 is 5.88. The highest BCUT2D eigenvalue weighted by atomic mass is 16.5. The molecule has 0 amide bonds. The van der Waals surface area contributed by atoms with Crippen LogP contribution in [0.2, 0.25) is 0 Å². The summed E-state index contributed by atoms with van der Waals surface area (Å²) >= 11 is 0. The van der Waals surface area contributed by atoms with Crippen molar-refractivity contribution in [2.24, 2.45) is 5.92 Å².